The van der Waals surface area contributed by atoms with E-state index in [-0.39, 0.29) is 5.56 Å². The predicted molar refractivity (Wildman–Crippen MR) is 58.5 cm³/mol. The molecule has 0 spiro atoms. The number of halogens is 1. The fourth-order valence-corrected chi connectivity index (χ4v) is 1.72. The lowest BCUT2D eigenvalue weighted by molar-refractivity contribution is 0.187. The van der Waals surface area contributed by atoms with Crippen molar-refractivity contribution in [3.05, 3.63) is 29.6 Å². The SMILES string of the molecule is N#Cc1ccc(NCC2CCOC2)cc1F. The highest BCUT2D eigenvalue weighted by Crippen LogP contribution is 2.16. The molecule has 0 bridgehead atoms. The Hall–Kier alpha value is -1.60. The molecular weight excluding hydrogens is 207 g/mol. The van der Waals surface area contributed by atoms with Crippen LogP contribution >= 0.6 is 0 Å². The summed E-state index contributed by atoms with van der Waals surface area (Å²) < 4.78 is 18.5. The van der Waals surface area contributed by atoms with Crippen LogP contribution in [0.3, 0.4) is 0 Å². The highest BCUT2D eigenvalue weighted by atomic mass is 19.1. The molecular formula is C12H13FN2O. The lowest BCUT2D eigenvalue weighted by Gasteiger charge is -2.10. The highest BCUT2D eigenvalue weighted by Gasteiger charge is 2.15. The molecule has 1 heterocycles. The number of hydrogen-bond donors (Lipinski definition) is 1. The Morgan fingerprint density at radius 2 is 2.44 bits per heavy atom. The number of ether oxygens (including phenoxy) is 1. The molecule has 16 heavy (non-hydrogen) atoms. The molecule has 0 aromatic heterocycles. The zero-order valence-corrected chi connectivity index (χ0v) is 8.87. The van der Waals surface area contributed by atoms with E-state index in [4.69, 9.17) is 10.00 Å². The first-order valence-electron chi connectivity index (χ1n) is 5.31. The molecule has 3 nitrogen and oxygen atoms in total. The summed E-state index contributed by atoms with van der Waals surface area (Å²) in [6.07, 6.45) is 1.05. The van der Waals surface area contributed by atoms with E-state index in [9.17, 15) is 4.39 Å². The maximum atomic E-state index is 13.3. The number of nitrogens with zero attached hydrogens (tertiary/aromatic N) is 1. The number of nitriles is 1. The van der Waals surface area contributed by atoms with Crippen molar-refractivity contribution in [2.45, 2.75) is 6.42 Å². The largest absolute Gasteiger partial charge is 0.385 e. The van der Waals surface area contributed by atoms with Crippen molar-refractivity contribution in [3.8, 4) is 6.07 Å². The summed E-state index contributed by atoms with van der Waals surface area (Å²) in [6, 6.07) is 6.36. The van der Waals surface area contributed by atoms with Crippen LogP contribution in [0, 0.1) is 23.1 Å². The van der Waals surface area contributed by atoms with Crippen molar-refractivity contribution in [3.63, 3.8) is 0 Å². The molecule has 1 aromatic carbocycles. The Balaban J connectivity index is 1.94. The van der Waals surface area contributed by atoms with Crippen LogP contribution in [-0.2, 0) is 4.74 Å². The molecule has 0 radical (unpaired) electrons. The third-order valence-electron chi connectivity index (χ3n) is 2.71. The first-order chi connectivity index (χ1) is 7.79. The number of benzene rings is 1. The van der Waals surface area contributed by atoms with Gasteiger partial charge in [-0.1, -0.05) is 0 Å². The second kappa shape index (κ2) is 4.95. The number of anilines is 1. The van der Waals surface area contributed by atoms with Gasteiger partial charge in [0.2, 0.25) is 0 Å². The van der Waals surface area contributed by atoms with E-state index in [0.717, 1.165) is 26.2 Å². The highest BCUT2D eigenvalue weighted by molar-refractivity contribution is 5.48. The van der Waals surface area contributed by atoms with E-state index in [2.05, 4.69) is 5.32 Å². The van der Waals surface area contributed by atoms with Crippen LogP contribution in [0.25, 0.3) is 0 Å². The third kappa shape index (κ3) is 2.50. The van der Waals surface area contributed by atoms with Crippen LogP contribution in [0.5, 0.6) is 0 Å². The van der Waals surface area contributed by atoms with Gasteiger partial charge in [0, 0.05) is 24.8 Å². The van der Waals surface area contributed by atoms with Crippen LogP contribution in [-0.4, -0.2) is 19.8 Å². The zero-order chi connectivity index (χ0) is 11.4. The molecule has 1 aromatic rings. The first-order valence-corrected chi connectivity index (χ1v) is 5.31. The van der Waals surface area contributed by atoms with Gasteiger partial charge in [-0.25, -0.2) is 4.39 Å². The fraction of sp³-hybridized carbons (Fsp3) is 0.417. The van der Waals surface area contributed by atoms with Gasteiger partial charge in [0.1, 0.15) is 11.9 Å². The topological polar surface area (TPSA) is 45.0 Å². The van der Waals surface area contributed by atoms with E-state index in [0.29, 0.717) is 11.6 Å². The summed E-state index contributed by atoms with van der Waals surface area (Å²) in [6.45, 7) is 2.37. The van der Waals surface area contributed by atoms with Gasteiger partial charge in [0.25, 0.3) is 0 Å². The average Bonchev–Trinajstić information content (AvgIpc) is 2.79. The van der Waals surface area contributed by atoms with Gasteiger partial charge in [-0.05, 0) is 24.6 Å². The molecule has 4 heteroatoms. The molecule has 1 aliphatic rings. The molecule has 1 saturated heterocycles. The maximum Gasteiger partial charge on any atom is 0.143 e. The summed E-state index contributed by atoms with van der Waals surface area (Å²) in [5, 5.41) is 11.7. The van der Waals surface area contributed by atoms with Gasteiger partial charge in [-0.2, -0.15) is 5.26 Å². The van der Waals surface area contributed by atoms with Crippen LogP contribution in [0.4, 0.5) is 10.1 Å². The van der Waals surface area contributed by atoms with Gasteiger partial charge < -0.3 is 10.1 Å². The monoisotopic (exact) mass is 220 g/mol. The van der Waals surface area contributed by atoms with Crippen molar-refractivity contribution in [1.82, 2.24) is 0 Å². The van der Waals surface area contributed by atoms with E-state index < -0.39 is 5.82 Å². The molecule has 84 valence electrons. The second-order valence-corrected chi connectivity index (χ2v) is 3.92. The number of rotatable bonds is 3. The summed E-state index contributed by atoms with van der Waals surface area (Å²) in [5.74, 6) is 0.0221. The average molecular weight is 220 g/mol. The lowest BCUT2D eigenvalue weighted by Crippen LogP contribution is -2.14. The molecule has 0 amide bonds. The Labute approximate surface area is 93.8 Å². The Morgan fingerprint density at radius 3 is 3.06 bits per heavy atom. The Bertz CT molecular complexity index is 408. The predicted octanol–water partition coefficient (Wildman–Crippen LogP) is 2.15. The van der Waals surface area contributed by atoms with E-state index in [1.807, 2.05) is 0 Å². The van der Waals surface area contributed by atoms with Gasteiger partial charge in [0.05, 0.1) is 12.2 Å². The molecule has 1 N–H and O–H groups in total. The summed E-state index contributed by atoms with van der Waals surface area (Å²) >= 11 is 0. The van der Waals surface area contributed by atoms with Gasteiger partial charge in [0.15, 0.2) is 0 Å². The molecule has 0 saturated carbocycles. The van der Waals surface area contributed by atoms with Crippen LogP contribution in [0.1, 0.15) is 12.0 Å². The number of nitrogens with one attached hydrogen (secondary N) is 1. The van der Waals surface area contributed by atoms with E-state index in [1.165, 1.54) is 12.1 Å². The molecule has 1 aliphatic heterocycles. The minimum Gasteiger partial charge on any atom is -0.385 e. The lowest BCUT2D eigenvalue weighted by atomic mass is 10.1. The van der Waals surface area contributed by atoms with Crippen LogP contribution in [0.2, 0.25) is 0 Å². The van der Waals surface area contributed by atoms with Gasteiger partial charge >= 0.3 is 0 Å². The van der Waals surface area contributed by atoms with Crippen molar-refractivity contribution in [2.24, 2.45) is 5.92 Å². The Kier molecular flexibility index (Phi) is 3.37. The normalized spacial score (nSPS) is 19.4. The molecule has 0 aliphatic carbocycles. The van der Waals surface area contributed by atoms with Crippen LogP contribution in [0.15, 0.2) is 18.2 Å². The quantitative estimate of drug-likeness (QED) is 0.848. The molecule has 1 unspecified atom stereocenters. The van der Waals surface area contributed by atoms with Crippen molar-refractivity contribution in [2.75, 3.05) is 25.1 Å². The fourth-order valence-electron chi connectivity index (χ4n) is 1.72. The standard InChI is InChI=1S/C12H13FN2O/c13-12-5-11(2-1-10(12)6-14)15-7-9-3-4-16-8-9/h1-2,5,9,15H,3-4,7-8H2. The minimum atomic E-state index is -0.477. The van der Waals surface area contributed by atoms with Gasteiger partial charge in [-0.15, -0.1) is 0 Å². The van der Waals surface area contributed by atoms with E-state index in [1.54, 1.807) is 12.1 Å². The van der Waals surface area contributed by atoms with Crippen molar-refractivity contribution in [1.29, 1.82) is 5.26 Å². The minimum absolute atomic E-state index is 0.0785. The number of hydrogen-bond acceptors (Lipinski definition) is 3. The summed E-state index contributed by atoms with van der Waals surface area (Å²) in [7, 11) is 0. The van der Waals surface area contributed by atoms with Crippen molar-refractivity contribution >= 4 is 5.69 Å². The second-order valence-electron chi connectivity index (χ2n) is 3.92. The molecule has 1 fully saturated rings. The molecule has 2 rings (SSSR count). The van der Waals surface area contributed by atoms with Gasteiger partial charge in [-0.3, -0.25) is 0 Å². The molecule has 1 atom stereocenters. The Morgan fingerprint density at radius 1 is 1.56 bits per heavy atom. The smallest absolute Gasteiger partial charge is 0.143 e. The van der Waals surface area contributed by atoms with Crippen molar-refractivity contribution < 1.29 is 9.13 Å². The maximum absolute atomic E-state index is 13.3. The summed E-state index contributed by atoms with van der Waals surface area (Å²) in [4.78, 5) is 0. The van der Waals surface area contributed by atoms with E-state index >= 15 is 0 Å². The van der Waals surface area contributed by atoms with Crippen LogP contribution < -0.4 is 5.32 Å². The zero-order valence-electron chi connectivity index (χ0n) is 8.87. The first kappa shape index (κ1) is 10.9. The summed E-state index contributed by atoms with van der Waals surface area (Å²) in [5.41, 5.74) is 0.790. The third-order valence-corrected chi connectivity index (χ3v) is 2.71.